The first-order valence-corrected chi connectivity index (χ1v) is 4.25. The molecule has 0 aromatic carbocycles. The van der Waals surface area contributed by atoms with Crippen molar-refractivity contribution in [2.75, 3.05) is 0 Å². The van der Waals surface area contributed by atoms with E-state index in [0.717, 1.165) is 5.57 Å². The fourth-order valence-corrected chi connectivity index (χ4v) is 1.12. The molecule has 1 aliphatic carbocycles. The molecule has 4 heteroatoms. The van der Waals surface area contributed by atoms with Crippen molar-refractivity contribution < 1.29 is 17.9 Å². The van der Waals surface area contributed by atoms with Crippen LogP contribution in [0.4, 0.5) is 13.2 Å². The quantitative estimate of drug-likeness (QED) is 0.632. The van der Waals surface area contributed by atoms with E-state index in [0.29, 0.717) is 6.42 Å². The molecule has 0 N–H and O–H groups in total. The minimum Gasteiger partial charge on any atom is -0.410 e. The highest BCUT2D eigenvalue weighted by Gasteiger charge is 2.31. The van der Waals surface area contributed by atoms with Crippen LogP contribution in [0.2, 0.25) is 0 Å². The number of rotatable bonds is 1. The van der Waals surface area contributed by atoms with Gasteiger partial charge in [0.2, 0.25) is 0 Å². The van der Waals surface area contributed by atoms with Crippen molar-refractivity contribution >= 4 is 0 Å². The Morgan fingerprint density at radius 2 is 2.00 bits per heavy atom. The van der Waals surface area contributed by atoms with Crippen LogP contribution >= 0.6 is 0 Å². The molecule has 0 aromatic heterocycles. The molecule has 0 aromatic rings. The Morgan fingerprint density at radius 1 is 1.29 bits per heavy atom. The molecule has 0 saturated heterocycles. The first kappa shape index (κ1) is 10.9. The second-order valence-corrected chi connectivity index (χ2v) is 3.01. The molecule has 1 aliphatic rings. The second-order valence-electron chi connectivity index (χ2n) is 3.01. The molecule has 0 unspecified atom stereocenters. The van der Waals surface area contributed by atoms with Crippen molar-refractivity contribution in [2.24, 2.45) is 0 Å². The lowest BCUT2D eigenvalue weighted by Gasteiger charge is -2.11. The van der Waals surface area contributed by atoms with Crippen LogP contribution in [0, 0.1) is 0 Å². The Labute approximate surface area is 80.6 Å². The molecule has 0 spiro atoms. The van der Waals surface area contributed by atoms with Gasteiger partial charge < -0.3 is 4.74 Å². The summed E-state index contributed by atoms with van der Waals surface area (Å²) in [5.41, 5.74) is 1.05. The minimum absolute atomic E-state index is 0.0440. The molecule has 78 valence electrons. The van der Waals surface area contributed by atoms with Gasteiger partial charge in [-0.1, -0.05) is 23.8 Å². The van der Waals surface area contributed by atoms with Gasteiger partial charge in [-0.3, -0.25) is 0 Å². The number of allylic oxidation sites excluding steroid dienone is 5. The standard InChI is InChI=1S/C10H11F3O/c1-8-4-2-6-9(7-3-5-8)14-10(11,12)13/h2,4-5,7H,3,6H2,1H3/b4-2?,8-5?,9-7+. The summed E-state index contributed by atoms with van der Waals surface area (Å²) in [6, 6.07) is 0. The Balaban J connectivity index is 2.64. The van der Waals surface area contributed by atoms with E-state index in [1.165, 1.54) is 6.08 Å². The van der Waals surface area contributed by atoms with Gasteiger partial charge in [0.05, 0.1) is 0 Å². The lowest BCUT2D eigenvalue weighted by Crippen LogP contribution is -2.12. The molecular weight excluding hydrogens is 193 g/mol. The third-order valence-corrected chi connectivity index (χ3v) is 1.73. The van der Waals surface area contributed by atoms with Crippen molar-refractivity contribution in [1.82, 2.24) is 0 Å². The van der Waals surface area contributed by atoms with Crippen LogP contribution in [0.1, 0.15) is 19.8 Å². The van der Waals surface area contributed by atoms with E-state index in [1.807, 2.05) is 13.0 Å². The van der Waals surface area contributed by atoms with Gasteiger partial charge in [0.25, 0.3) is 0 Å². The summed E-state index contributed by atoms with van der Waals surface area (Å²) in [6.45, 7) is 1.90. The number of halogens is 3. The summed E-state index contributed by atoms with van der Waals surface area (Å²) >= 11 is 0. The zero-order valence-corrected chi connectivity index (χ0v) is 7.77. The van der Waals surface area contributed by atoms with Crippen molar-refractivity contribution in [3.05, 3.63) is 35.6 Å². The van der Waals surface area contributed by atoms with Gasteiger partial charge in [0.15, 0.2) is 0 Å². The predicted molar refractivity (Wildman–Crippen MR) is 47.4 cm³/mol. The third kappa shape index (κ3) is 4.16. The normalized spacial score (nSPS) is 21.7. The van der Waals surface area contributed by atoms with Crippen molar-refractivity contribution in [3.63, 3.8) is 0 Å². The van der Waals surface area contributed by atoms with Gasteiger partial charge in [-0.15, -0.1) is 13.2 Å². The van der Waals surface area contributed by atoms with Gasteiger partial charge in [-0.05, 0) is 19.4 Å². The molecule has 0 amide bonds. The van der Waals surface area contributed by atoms with Crippen LogP contribution in [-0.2, 0) is 4.74 Å². The van der Waals surface area contributed by atoms with Crippen LogP contribution in [0.15, 0.2) is 35.6 Å². The SMILES string of the molecule is CC1=CC/C=C(/OC(F)(F)F)CC=C1. The first-order valence-electron chi connectivity index (χ1n) is 4.25. The third-order valence-electron chi connectivity index (χ3n) is 1.73. The summed E-state index contributed by atoms with van der Waals surface area (Å²) < 4.78 is 39.4. The zero-order chi connectivity index (χ0) is 10.6. The molecule has 0 radical (unpaired) electrons. The maximum atomic E-state index is 11.8. The van der Waals surface area contributed by atoms with Crippen molar-refractivity contribution in [3.8, 4) is 0 Å². The van der Waals surface area contributed by atoms with Gasteiger partial charge >= 0.3 is 6.36 Å². The molecule has 14 heavy (non-hydrogen) atoms. The Kier molecular flexibility index (Phi) is 3.38. The highest BCUT2D eigenvalue weighted by atomic mass is 19.4. The lowest BCUT2D eigenvalue weighted by molar-refractivity contribution is -0.306. The highest BCUT2D eigenvalue weighted by Crippen LogP contribution is 2.24. The van der Waals surface area contributed by atoms with Gasteiger partial charge in [-0.25, -0.2) is 0 Å². The lowest BCUT2D eigenvalue weighted by atomic mass is 10.1. The van der Waals surface area contributed by atoms with Gasteiger partial charge in [0.1, 0.15) is 5.76 Å². The number of hydrogen-bond acceptors (Lipinski definition) is 1. The van der Waals surface area contributed by atoms with E-state index >= 15 is 0 Å². The minimum atomic E-state index is -4.59. The zero-order valence-electron chi connectivity index (χ0n) is 7.77. The fourth-order valence-electron chi connectivity index (χ4n) is 1.12. The number of ether oxygens (including phenoxy) is 1. The number of hydrogen-bond donors (Lipinski definition) is 0. The maximum Gasteiger partial charge on any atom is 0.572 e. The van der Waals surface area contributed by atoms with E-state index in [4.69, 9.17) is 0 Å². The molecule has 0 atom stereocenters. The van der Waals surface area contributed by atoms with Crippen LogP contribution in [0.5, 0.6) is 0 Å². The van der Waals surface area contributed by atoms with E-state index in [2.05, 4.69) is 4.74 Å². The topological polar surface area (TPSA) is 9.23 Å². The van der Waals surface area contributed by atoms with E-state index < -0.39 is 6.36 Å². The van der Waals surface area contributed by atoms with Gasteiger partial charge in [0, 0.05) is 6.42 Å². The molecular formula is C10H11F3O. The van der Waals surface area contributed by atoms with E-state index in [-0.39, 0.29) is 12.2 Å². The van der Waals surface area contributed by atoms with Crippen LogP contribution < -0.4 is 0 Å². The number of alkyl halides is 3. The Bertz CT molecular complexity index is 284. The van der Waals surface area contributed by atoms with Crippen molar-refractivity contribution in [1.29, 1.82) is 0 Å². The summed E-state index contributed by atoms with van der Waals surface area (Å²) in [5, 5.41) is 0. The Hall–Kier alpha value is -1.19. The first-order chi connectivity index (χ1) is 6.47. The fraction of sp³-hybridized carbons (Fsp3) is 0.400. The molecule has 0 heterocycles. The molecule has 0 bridgehead atoms. The van der Waals surface area contributed by atoms with Crippen molar-refractivity contribution in [2.45, 2.75) is 26.1 Å². The van der Waals surface area contributed by atoms with Crippen LogP contribution in [0.25, 0.3) is 0 Å². The summed E-state index contributed by atoms with van der Waals surface area (Å²) in [6.07, 6.45) is 2.80. The second kappa shape index (κ2) is 4.35. The largest absolute Gasteiger partial charge is 0.572 e. The predicted octanol–water partition coefficient (Wildman–Crippen LogP) is 3.70. The smallest absolute Gasteiger partial charge is 0.410 e. The average Bonchev–Trinajstić information content (AvgIpc) is 1.97. The van der Waals surface area contributed by atoms with Crippen LogP contribution in [0.3, 0.4) is 0 Å². The van der Waals surface area contributed by atoms with E-state index in [9.17, 15) is 13.2 Å². The maximum absolute atomic E-state index is 11.8. The summed E-state index contributed by atoms with van der Waals surface area (Å²) in [4.78, 5) is 0. The van der Waals surface area contributed by atoms with E-state index in [1.54, 1.807) is 12.2 Å². The monoisotopic (exact) mass is 204 g/mol. The van der Waals surface area contributed by atoms with Crippen LogP contribution in [-0.4, -0.2) is 6.36 Å². The molecule has 1 rings (SSSR count). The Morgan fingerprint density at radius 3 is 2.64 bits per heavy atom. The van der Waals surface area contributed by atoms with Gasteiger partial charge in [-0.2, -0.15) is 0 Å². The average molecular weight is 204 g/mol. The molecule has 0 aliphatic heterocycles. The molecule has 0 fully saturated rings. The summed E-state index contributed by atoms with van der Waals surface area (Å²) in [5.74, 6) is -0.0440. The molecule has 1 nitrogen and oxygen atoms in total. The summed E-state index contributed by atoms with van der Waals surface area (Å²) in [7, 11) is 0. The highest BCUT2D eigenvalue weighted by molar-refractivity contribution is 5.21. The molecule has 0 saturated carbocycles.